The van der Waals surface area contributed by atoms with E-state index in [1.54, 1.807) is 0 Å². The zero-order chi connectivity index (χ0) is 11.8. The fraction of sp³-hybridized carbons (Fsp3) is 0.333. The summed E-state index contributed by atoms with van der Waals surface area (Å²) in [6, 6.07) is 2.88. The molecule has 1 unspecified atom stereocenters. The number of carboxylic acid groups (broad SMARTS) is 1. The minimum absolute atomic E-state index is 0.00154. The SMILES string of the molecule is CCN.C[S+]([O-])c1ncccc1C(=O)O. The van der Waals surface area contributed by atoms with Crippen LogP contribution in [0.25, 0.3) is 0 Å². The van der Waals surface area contributed by atoms with Crippen LogP contribution in [0, 0.1) is 0 Å². The van der Waals surface area contributed by atoms with E-state index in [0.29, 0.717) is 0 Å². The van der Waals surface area contributed by atoms with Crippen LogP contribution >= 0.6 is 0 Å². The lowest BCUT2D eigenvalue weighted by Gasteiger charge is -2.04. The molecule has 1 rings (SSSR count). The molecular weight excluding hydrogens is 216 g/mol. The number of pyridine rings is 1. The van der Waals surface area contributed by atoms with Gasteiger partial charge in [-0.2, -0.15) is 0 Å². The first-order valence-corrected chi connectivity index (χ1v) is 5.82. The monoisotopic (exact) mass is 230 g/mol. The summed E-state index contributed by atoms with van der Waals surface area (Å²) in [5.74, 6) is -1.10. The van der Waals surface area contributed by atoms with Crippen LogP contribution in [0.2, 0.25) is 0 Å². The maximum absolute atomic E-state index is 11.0. The quantitative estimate of drug-likeness (QED) is 0.720. The lowest BCUT2D eigenvalue weighted by Crippen LogP contribution is -2.09. The maximum Gasteiger partial charge on any atom is 0.342 e. The van der Waals surface area contributed by atoms with Gasteiger partial charge in [-0.3, -0.25) is 0 Å². The molecule has 0 amide bonds. The smallest absolute Gasteiger partial charge is 0.342 e. The van der Waals surface area contributed by atoms with E-state index in [4.69, 9.17) is 10.8 Å². The average molecular weight is 230 g/mol. The van der Waals surface area contributed by atoms with Crippen molar-refractivity contribution >= 4 is 17.1 Å². The first-order chi connectivity index (χ1) is 7.04. The van der Waals surface area contributed by atoms with Crippen molar-refractivity contribution in [2.45, 2.75) is 11.9 Å². The molecule has 0 spiro atoms. The molecule has 1 atom stereocenters. The predicted octanol–water partition coefficient (Wildman–Crippen LogP) is 0.482. The fourth-order valence-corrected chi connectivity index (χ4v) is 1.46. The van der Waals surface area contributed by atoms with Gasteiger partial charge in [0.2, 0.25) is 0 Å². The van der Waals surface area contributed by atoms with Crippen LogP contribution in [0.4, 0.5) is 0 Å². The van der Waals surface area contributed by atoms with E-state index in [1.807, 2.05) is 6.92 Å². The summed E-state index contributed by atoms with van der Waals surface area (Å²) in [7, 11) is 0. The van der Waals surface area contributed by atoms with E-state index in [-0.39, 0.29) is 10.6 Å². The lowest BCUT2D eigenvalue weighted by molar-refractivity contribution is 0.0692. The Balaban J connectivity index is 0.000000583. The fourth-order valence-electron chi connectivity index (χ4n) is 0.783. The van der Waals surface area contributed by atoms with E-state index in [0.717, 1.165) is 6.54 Å². The third kappa shape index (κ3) is 4.78. The Morgan fingerprint density at radius 2 is 2.27 bits per heavy atom. The summed E-state index contributed by atoms with van der Waals surface area (Å²) >= 11 is -1.35. The topological polar surface area (TPSA) is 99.3 Å². The van der Waals surface area contributed by atoms with E-state index >= 15 is 0 Å². The second-order valence-electron chi connectivity index (χ2n) is 2.52. The second-order valence-corrected chi connectivity index (χ2v) is 3.82. The molecule has 0 bridgehead atoms. The number of aromatic nitrogens is 1. The predicted molar refractivity (Wildman–Crippen MR) is 58.3 cm³/mol. The van der Waals surface area contributed by atoms with E-state index < -0.39 is 17.1 Å². The highest BCUT2D eigenvalue weighted by Gasteiger charge is 2.17. The van der Waals surface area contributed by atoms with Gasteiger partial charge in [0.15, 0.2) is 0 Å². The van der Waals surface area contributed by atoms with E-state index in [1.165, 1.54) is 24.6 Å². The minimum Gasteiger partial charge on any atom is -0.610 e. The van der Waals surface area contributed by atoms with Gasteiger partial charge < -0.3 is 15.4 Å². The summed E-state index contributed by atoms with van der Waals surface area (Å²) in [6.07, 6.45) is 2.82. The number of nitrogens with zero attached hydrogens (tertiary/aromatic N) is 1. The number of hydrogen-bond donors (Lipinski definition) is 2. The number of hydrogen-bond acceptors (Lipinski definition) is 4. The molecule has 0 aliphatic rings. The maximum atomic E-state index is 11.0. The number of rotatable bonds is 2. The second kappa shape index (κ2) is 7.22. The van der Waals surface area contributed by atoms with Crippen LogP contribution < -0.4 is 5.73 Å². The molecule has 1 aromatic heterocycles. The summed E-state index contributed by atoms with van der Waals surface area (Å²) in [5.41, 5.74) is 4.85. The highest BCUT2D eigenvalue weighted by Crippen LogP contribution is 2.11. The zero-order valence-electron chi connectivity index (χ0n) is 8.64. The number of carboxylic acids is 1. The van der Waals surface area contributed by atoms with E-state index in [2.05, 4.69) is 4.98 Å². The van der Waals surface area contributed by atoms with Crippen LogP contribution in [0.1, 0.15) is 17.3 Å². The van der Waals surface area contributed by atoms with Gasteiger partial charge in [-0.25, -0.2) is 9.78 Å². The molecule has 3 N–H and O–H groups in total. The highest BCUT2D eigenvalue weighted by molar-refractivity contribution is 7.90. The van der Waals surface area contributed by atoms with Crippen molar-refractivity contribution in [2.24, 2.45) is 5.73 Å². The number of nitrogens with two attached hydrogens (primary N) is 1. The Kier molecular flexibility index (Phi) is 6.68. The Bertz CT molecular complexity index is 318. The molecule has 0 aliphatic heterocycles. The van der Waals surface area contributed by atoms with Gasteiger partial charge in [-0.05, 0) is 18.7 Å². The van der Waals surface area contributed by atoms with Gasteiger partial charge in [0.25, 0.3) is 5.03 Å². The lowest BCUT2D eigenvalue weighted by atomic mass is 10.3. The third-order valence-electron chi connectivity index (χ3n) is 1.27. The van der Waals surface area contributed by atoms with Gasteiger partial charge in [0.05, 0.1) is 0 Å². The Morgan fingerprint density at radius 1 is 1.73 bits per heavy atom. The number of carbonyl (C=O) groups is 1. The molecule has 5 nitrogen and oxygen atoms in total. The van der Waals surface area contributed by atoms with Crippen LogP contribution in [-0.4, -0.2) is 33.4 Å². The largest absolute Gasteiger partial charge is 0.610 e. The molecule has 0 fully saturated rings. The van der Waals surface area contributed by atoms with E-state index in [9.17, 15) is 9.35 Å². The van der Waals surface area contributed by atoms with Crippen LogP contribution in [0.3, 0.4) is 0 Å². The first kappa shape index (κ1) is 13.9. The standard InChI is InChI=1S/C7H7NO3S.C2H7N/c1-12(11)6-5(7(9)10)3-2-4-8-6;1-2-3/h2-4H,1H3,(H,9,10);2-3H2,1H3. The van der Waals surface area contributed by atoms with Crippen LogP contribution in [-0.2, 0) is 11.2 Å². The van der Waals surface area contributed by atoms with Crippen molar-refractivity contribution in [2.75, 3.05) is 12.8 Å². The molecule has 84 valence electrons. The zero-order valence-corrected chi connectivity index (χ0v) is 9.45. The molecule has 1 heterocycles. The normalized spacial score (nSPS) is 11.2. The third-order valence-corrected chi connectivity index (χ3v) is 2.14. The van der Waals surface area contributed by atoms with Crippen molar-refractivity contribution in [1.29, 1.82) is 0 Å². The number of aromatic carboxylic acids is 1. The average Bonchev–Trinajstić information content (AvgIpc) is 2.19. The van der Waals surface area contributed by atoms with Gasteiger partial charge in [-0.15, -0.1) is 0 Å². The van der Waals surface area contributed by atoms with Crippen molar-refractivity contribution in [3.63, 3.8) is 0 Å². The van der Waals surface area contributed by atoms with Crippen LogP contribution in [0.15, 0.2) is 23.4 Å². The van der Waals surface area contributed by atoms with Gasteiger partial charge in [0.1, 0.15) is 11.8 Å². The van der Waals surface area contributed by atoms with Crippen molar-refractivity contribution in [3.05, 3.63) is 23.9 Å². The molecule has 1 aromatic rings. The Hall–Kier alpha value is -1.11. The molecule has 6 heteroatoms. The van der Waals surface area contributed by atoms with Crippen molar-refractivity contribution in [3.8, 4) is 0 Å². The highest BCUT2D eigenvalue weighted by atomic mass is 32.2. The van der Waals surface area contributed by atoms with Gasteiger partial charge >= 0.3 is 5.97 Å². The molecular formula is C9H14N2O3S. The summed E-state index contributed by atoms with van der Waals surface area (Å²) < 4.78 is 11.0. The summed E-state index contributed by atoms with van der Waals surface area (Å²) in [4.78, 5) is 14.3. The molecule has 0 radical (unpaired) electrons. The molecule has 0 aliphatic carbocycles. The Morgan fingerprint density at radius 3 is 2.60 bits per heavy atom. The van der Waals surface area contributed by atoms with Crippen molar-refractivity contribution in [1.82, 2.24) is 4.98 Å². The first-order valence-electron chi connectivity index (χ1n) is 4.26. The summed E-state index contributed by atoms with van der Waals surface area (Å²) in [6.45, 7) is 2.65. The molecule has 0 saturated heterocycles. The van der Waals surface area contributed by atoms with Gasteiger partial charge in [0, 0.05) is 17.4 Å². The summed E-state index contributed by atoms with van der Waals surface area (Å²) in [5, 5.41) is 8.76. The van der Waals surface area contributed by atoms with Crippen molar-refractivity contribution < 1.29 is 14.5 Å². The van der Waals surface area contributed by atoms with Gasteiger partial charge in [-0.1, -0.05) is 6.92 Å². The molecule has 0 aromatic carbocycles. The molecule has 0 saturated carbocycles. The van der Waals surface area contributed by atoms with Crippen LogP contribution in [0.5, 0.6) is 0 Å². The molecule has 15 heavy (non-hydrogen) atoms. The minimum atomic E-state index is -1.35. The Labute approximate surface area is 91.5 Å².